The lowest BCUT2D eigenvalue weighted by atomic mass is 10.1. The normalized spacial score (nSPS) is 19.6. The Kier molecular flexibility index (Phi) is 4.85. The second-order valence-corrected chi connectivity index (χ2v) is 7.07. The largest absolute Gasteiger partial charge is 0.480 e. The first-order valence-electron chi connectivity index (χ1n) is 6.79. The van der Waals surface area contributed by atoms with Crippen LogP contribution in [0, 0.1) is 17.5 Å². The molecule has 0 aliphatic carbocycles. The highest BCUT2D eigenvalue weighted by Gasteiger charge is 2.40. The summed E-state index contributed by atoms with van der Waals surface area (Å²) in [6, 6.07) is -0.590. The number of hydrogen-bond donors (Lipinski definition) is 1. The van der Waals surface area contributed by atoms with E-state index in [9.17, 15) is 26.4 Å². The Morgan fingerprint density at radius 1 is 1.26 bits per heavy atom. The lowest BCUT2D eigenvalue weighted by Crippen LogP contribution is -2.52. The van der Waals surface area contributed by atoms with E-state index < -0.39 is 45.4 Å². The summed E-state index contributed by atoms with van der Waals surface area (Å²) in [5.41, 5.74) is -0.957. The summed E-state index contributed by atoms with van der Waals surface area (Å²) < 4.78 is 66.6. The molecule has 128 valence electrons. The lowest BCUT2D eigenvalue weighted by molar-refractivity contribution is -0.142. The van der Waals surface area contributed by atoms with Crippen LogP contribution in [0.15, 0.2) is 12.1 Å². The standard InChI is InChI=1S/C13H15F3N2O4S/c1-17(12-9(15)6-8(14)7-10(12)16)23(21,22)18-5-3-2-4-11(18)13(19)20/h6-7,11H,2-5H2,1H3,(H,19,20)/t11-/m0/s1. The molecule has 1 aliphatic rings. The van der Waals surface area contributed by atoms with E-state index in [-0.39, 0.29) is 13.0 Å². The van der Waals surface area contributed by atoms with Gasteiger partial charge in [0.1, 0.15) is 17.5 Å². The van der Waals surface area contributed by atoms with Crippen molar-refractivity contribution >= 4 is 21.9 Å². The molecule has 0 unspecified atom stereocenters. The second kappa shape index (κ2) is 6.36. The van der Waals surface area contributed by atoms with Crippen molar-refractivity contribution in [2.45, 2.75) is 25.3 Å². The number of carbonyl (C=O) groups is 1. The third kappa shape index (κ3) is 3.27. The highest BCUT2D eigenvalue weighted by atomic mass is 32.2. The first kappa shape index (κ1) is 17.5. The van der Waals surface area contributed by atoms with Gasteiger partial charge in [0.15, 0.2) is 11.6 Å². The molecule has 0 amide bonds. The molecule has 1 heterocycles. The third-order valence-corrected chi connectivity index (χ3v) is 5.58. The summed E-state index contributed by atoms with van der Waals surface area (Å²) in [5, 5.41) is 9.15. The molecule has 6 nitrogen and oxygen atoms in total. The molecule has 0 aromatic heterocycles. The summed E-state index contributed by atoms with van der Waals surface area (Å²) in [4.78, 5) is 11.2. The maximum absolute atomic E-state index is 13.8. The number of rotatable bonds is 4. The predicted molar refractivity (Wildman–Crippen MR) is 75.6 cm³/mol. The van der Waals surface area contributed by atoms with Crippen LogP contribution in [0.25, 0.3) is 0 Å². The fourth-order valence-corrected chi connectivity index (χ4v) is 4.13. The fraction of sp³-hybridized carbons (Fsp3) is 0.462. The van der Waals surface area contributed by atoms with Crippen LogP contribution in [0.3, 0.4) is 0 Å². The first-order valence-corrected chi connectivity index (χ1v) is 8.19. The van der Waals surface area contributed by atoms with Crippen LogP contribution in [-0.2, 0) is 15.0 Å². The molecule has 1 atom stereocenters. The van der Waals surface area contributed by atoms with Crippen molar-refractivity contribution in [3.8, 4) is 0 Å². The number of anilines is 1. The van der Waals surface area contributed by atoms with Crippen LogP contribution in [0.4, 0.5) is 18.9 Å². The molecule has 1 aromatic rings. The summed E-state index contributed by atoms with van der Waals surface area (Å²) in [6.07, 6.45) is 1.08. The number of halogens is 3. The van der Waals surface area contributed by atoms with Crippen LogP contribution >= 0.6 is 0 Å². The third-order valence-electron chi connectivity index (χ3n) is 3.68. The van der Waals surface area contributed by atoms with Gasteiger partial charge in [-0.05, 0) is 19.3 Å². The molecule has 2 rings (SSSR count). The molecule has 10 heteroatoms. The Balaban J connectivity index is 2.44. The van der Waals surface area contributed by atoms with Crippen molar-refractivity contribution in [2.24, 2.45) is 0 Å². The monoisotopic (exact) mass is 352 g/mol. The van der Waals surface area contributed by atoms with Crippen molar-refractivity contribution in [1.29, 1.82) is 0 Å². The van der Waals surface area contributed by atoms with Gasteiger partial charge in [0.25, 0.3) is 0 Å². The quantitative estimate of drug-likeness (QED) is 0.895. The molecule has 1 aromatic carbocycles. The summed E-state index contributed by atoms with van der Waals surface area (Å²) in [5.74, 6) is -5.30. The molecular weight excluding hydrogens is 337 g/mol. The van der Waals surface area contributed by atoms with Gasteiger partial charge in [-0.1, -0.05) is 0 Å². The van der Waals surface area contributed by atoms with E-state index in [2.05, 4.69) is 0 Å². The molecule has 1 fully saturated rings. The number of aliphatic carboxylic acids is 1. The maximum atomic E-state index is 13.8. The fourth-order valence-electron chi connectivity index (χ4n) is 2.54. The number of benzene rings is 1. The lowest BCUT2D eigenvalue weighted by Gasteiger charge is -2.35. The van der Waals surface area contributed by atoms with Gasteiger partial charge in [-0.25, -0.2) is 13.2 Å². The van der Waals surface area contributed by atoms with Crippen molar-refractivity contribution in [3.05, 3.63) is 29.6 Å². The number of carboxylic acids is 1. The molecule has 1 saturated heterocycles. The molecule has 1 aliphatic heterocycles. The highest BCUT2D eigenvalue weighted by molar-refractivity contribution is 7.90. The minimum absolute atomic E-state index is 0.0753. The van der Waals surface area contributed by atoms with E-state index in [1.165, 1.54) is 0 Å². The van der Waals surface area contributed by atoms with E-state index in [4.69, 9.17) is 5.11 Å². The van der Waals surface area contributed by atoms with Crippen LogP contribution in [0.2, 0.25) is 0 Å². The number of hydrogen-bond acceptors (Lipinski definition) is 3. The summed E-state index contributed by atoms with van der Waals surface area (Å²) >= 11 is 0. The minimum atomic E-state index is -4.48. The van der Waals surface area contributed by atoms with Crippen LogP contribution in [0.5, 0.6) is 0 Å². The smallest absolute Gasteiger partial charge is 0.322 e. The predicted octanol–water partition coefficient (Wildman–Crippen LogP) is 1.72. The van der Waals surface area contributed by atoms with Gasteiger partial charge in [-0.2, -0.15) is 12.7 Å². The average molecular weight is 352 g/mol. The summed E-state index contributed by atoms with van der Waals surface area (Å²) in [6.45, 7) is -0.0753. The second-order valence-electron chi connectivity index (χ2n) is 5.15. The molecule has 0 bridgehead atoms. The van der Waals surface area contributed by atoms with Gasteiger partial charge in [-0.15, -0.1) is 0 Å². The van der Waals surface area contributed by atoms with Gasteiger partial charge >= 0.3 is 16.2 Å². The van der Waals surface area contributed by atoms with Gasteiger partial charge in [0, 0.05) is 25.7 Å². The van der Waals surface area contributed by atoms with Gasteiger partial charge in [0.05, 0.1) is 0 Å². The van der Waals surface area contributed by atoms with Gasteiger partial charge < -0.3 is 5.11 Å². The van der Waals surface area contributed by atoms with Gasteiger partial charge in [0.2, 0.25) is 0 Å². The van der Waals surface area contributed by atoms with E-state index in [1.54, 1.807) is 0 Å². The van der Waals surface area contributed by atoms with E-state index in [1.807, 2.05) is 0 Å². The molecule has 0 spiro atoms. The molecule has 0 saturated carbocycles. The Hall–Kier alpha value is -1.81. The zero-order chi connectivity index (χ0) is 17.4. The molecule has 0 radical (unpaired) electrons. The number of nitrogens with zero attached hydrogens (tertiary/aromatic N) is 2. The average Bonchev–Trinajstić information content (AvgIpc) is 2.45. The Morgan fingerprint density at radius 3 is 2.35 bits per heavy atom. The Bertz CT molecular complexity index is 703. The van der Waals surface area contributed by atoms with Crippen molar-refractivity contribution < 1.29 is 31.5 Å². The number of piperidine rings is 1. The zero-order valence-electron chi connectivity index (χ0n) is 12.2. The minimum Gasteiger partial charge on any atom is -0.480 e. The van der Waals surface area contributed by atoms with Crippen LogP contribution in [0.1, 0.15) is 19.3 Å². The van der Waals surface area contributed by atoms with Crippen molar-refractivity contribution in [2.75, 3.05) is 17.9 Å². The molecular formula is C13H15F3N2O4S. The maximum Gasteiger partial charge on any atom is 0.322 e. The Morgan fingerprint density at radius 2 is 1.83 bits per heavy atom. The first-order chi connectivity index (χ1) is 10.7. The van der Waals surface area contributed by atoms with Crippen LogP contribution < -0.4 is 4.31 Å². The summed E-state index contributed by atoms with van der Waals surface area (Å²) in [7, 11) is -3.59. The van der Waals surface area contributed by atoms with Crippen molar-refractivity contribution in [1.82, 2.24) is 4.31 Å². The molecule has 1 N–H and O–H groups in total. The SMILES string of the molecule is CN(c1c(F)cc(F)cc1F)S(=O)(=O)N1CCCC[C@H]1C(=O)O. The van der Waals surface area contributed by atoms with Gasteiger partial charge in [-0.3, -0.25) is 9.10 Å². The van der Waals surface area contributed by atoms with E-state index in [0.717, 1.165) is 7.05 Å². The van der Waals surface area contributed by atoms with Crippen molar-refractivity contribution in [3.63, 3.8) is 0 Å². The van der Waals surface area contributed by atoms with E-state index >= 15 is 0 Å². The zero-order valence-corrected chi connectivity index (χ0v) is 13.0. The topological polar surface area (TPSA) is 77.9 Å². The highest BCUT2D eigenvalue weighted by Crippen LogP contribution is 2.29. The van der Waals surface area contributed by atoms with Crippen LogP contribution in [-0.4, -0.2) is 43.4 Å². The number of carboxylic acid groups (broad SMARTS) is 1. The van der Waals surface area contributed by atoms with E-state index in [0.29, 0.717) is 33.6 Å². The molecule has 23 heavy (non-hydrogen) atoms. The Labute approximate surface area is 131 Å².